The Morgan fingerprint density at radius 2 is 1.77 bits per heavy atom. The topological polar surface area (TPSA) is 75.3 Å². The maximum atomic E-state index is 11.0. The Morgan fingerprint density at radius 1 is 1.31 bits per heavy atom. The van der Waals surface area contributed by atoms with Crippen molar-refractivity contribution < 1.29 is 9.90 Å². The van der Waals surface area contributed by atoms with Crippen molar-refractivity contribution in [3.8, 4) is 0 Å². The number of nitrogens with one attached hydrogen (secondary N) is 1. The highest BCUT2D eigenvalue weighted by Crippen LogP contribution is 2.03. The van der Waals surface area contributed by atoms with Gasteiger partial charge in [0, 0.05) is 6.04 Å². The summed E-state index contributed by atoms with van der Waals surface area (Å²) >= 11 is 0. The summed E-state index contributed by atoms with van der Waals surface area (Å²) in [5.41, 5.74) is 5.20. The summed E-state index contributed by atoms with van der Waals surface area (Å²) in [5, 5.41) is 12.2. The number of rotatable bonds is 5. The molecule has 0 saturated heterocycles. The van der Waals surface area contributed by atoms with Crippen LogP contribution in [0.25, 0.3) is 0 Å². The van der Waals surface area contributed by atoms with Gasteiger partial charge in [-0.05, 0) is 19.8 Å². The Balaban J connectivity index is 4.18. The molecule has 4 nitrogen and oxygen atoms in total. The van der Waals surface area contributed by atoms with Gasteiger partial charge in [0.1, 0.15) is 0 Å². The number of aliphatic hydroxyl groups is 1. The molecule has 1 amide bonds. The monoisotopic (exact) mass is 188 g/mol. The normalized spacial score (nSPS) is 18.3. The van der Waals surface area contributed by atoms with E-state index in [2.05, 4.69) is 5.32 Å². The number of aliphatic hydroxyl groups excluding tert-OH is 1. The Hall–Kier alpha value is -0.610. The van der Waals surface area contributed by atoms with Crippen LogP contribution >= 0.6 is 0 Å². The Kier molecular flexibility index (Phi) is 4.95. The zero-order chi connectivity index (χ0) is 10.6. The third-order valence-electron chi connectivity index (χ3n) is 2.14. The highest BCUT2D eigenvalue weighted by atomic mass is 16.3. The van der Waals surface area contributed by atoms with Gasteiger partial charge in [0.15, 0.2) is 0 Å². The summed E-state index contributed by atoms with van der Waals surface area (Å²) < 4.78 is 0. The molecule has 0 aromatic heterocycles. The average molecular weight is 188 g/mol. The van der Waals surface area contributed by atoms with E-state index in [1.165, 1.54) is 0 Å². The van der Waals surface area contributed by atoms with Gasteiger partial charge >= 0.3 is 0 Å². The molecule has 0 fully saturated rings. The first-order chi connectivity index (χ1) is 5.86. The lowest BCUT2D eigenvalue weighted by Crippen LogP contribution is -2.51. The second kappa shape index (κ2) is 5.19. The maximum Gasteiger partial charge on any atom is 0.234 e. The van der Waals surface area contributed by atoms with Crippen molar-refractivity contribution in [2.24, 2.45) is 11.7 Å². The largest absolute Gasteiger partial charge is 0.392 e. The number of hydrogen-bond donors (Lipinski definition) is 3. The number of carbonyl (C=O) groups excluding carboxylic acids is 1. The average Bonchev–Trinajstić information content (AvgIpc) is 1.97. The third kappa shape index (κ3) is 4.24. The van der Waals surface area contributed by atoms with Crippen LogP contribution in [0.1, 0.15) is 27.7 Å². The molecule has 0 aromatic rings. The highest BCUT2D eigenvalue weighted by molar-refractivity contribution is 5.80. The molecule has 0 aliphatic rings. The summed E-state index contributed by atoms with van der Waals surface area (Å²) in [4.78, 5) is 11.0. The molecule has 0 aliphatic carbocycles. The second-order valence-corrected chi connectivity index (χ2v) is 3.82. The van der Waals surface area contributed by atoms with Crippen molar-refractivity contribution in [2.45, 2.75) is 45.9 Å². The lowest BCUT2D eigenvalue weighted by atomic mass is 10.0. The third-order valence-corrected chi connectivity index (χ3v) is 2.14. The summed E-state index contributed by atoms with van der Waals surface area (Å²) in [6.07, 6.45) is -0.486. The van der Waals surface area contributed by atoms with Crippen molar-refractivity contribution in [1.29, 1.82) is 0 Å². The number of primary amides is 1. The minimum atomic E-state index is -0.486. The standard InChI is InChI=1S/C9H20N2O2/c1-5(2)8(9(10)13)11-6(3)7(4)12/h5-8,11-12H,1-4H3,(H2,10,13). The number of hydrogen-bond acceptors (Lipinski definition) is 3. The smallest absolute Gasteiger partial charge is 0.234 e. The van der Waals surface area contributed by atoms with Gasteiger partial charge in [0.05, 0.1) is 12.1 Å². The first-order valence-corrected chi connectivity index (χ1v) is 4.59. The predicted molar refractivity (Wildman–Crippen MR) is 52.1 cm³/mol. The van der Waals surface area contributed by atoms with E-state index in [9.17, 15) is 9.90 Å². The van der Waals surface area contributed by atoms with Crippen LogP contribution in [0.3, 0.4) is 0 Å². The van der Waals surface area contributed by atoms with E-state index in [-0.39, 0.29) is 23.9 Å². The molecule has 4 heteroatoms. The highest BCUT2D eigenvalue weighted by Gasteiger charge is 2.22. The summed E-state index contributed by atoms with van der Waals surface area (Å²) in [6.45, 7) is 7.33. The van der Waals surface area contributed by atoms with Crippen molar-refractivity contribution >= 4 is 5.91 Å². The van der Waals surface area contributed by atoms with Crippen LogP contribution in [0.2, 0.25) is 0 Å². The van der Waals surface area contributed by atoms with E-state index in [0.29, 0.717) is 0 Å². The van der Waals surface area contributed by atoms with Gasteiger partial charge in [-0.15, -0.1) is 0 Å². The predicted octanol–water partition coefficient (Wildman–Crippen LogP) is -0.145. The second-order valence-electron chi connectivity index (χ2n) is 3.82. The quantitative estimate of drug-likeness (QED) is 0.562. The molecule has 78 valence electrons. The van der Waals surface area contributed by atoms with Crippen LogP contribution in [0.4, 0.5) is 0 Å². The maximum absolute atomic E-state index is 11.0. The van der Waals surface area contributed by atoms with Gasteiger partial charge in [0.2, 0.25) is 5.91 Å². The van der Waals surface area contributed by atoms with Crippen LogP contribution in [-0.4, -0.2) is 29.2 Å². The number of amides is 1. The summed E-state index contributed by atoms with van der Waals surface area (Å²) in [7, 11) is 0. The van der Waals surface area contributed by atoms with Gasteiger partial charge in [-0.3, -0.25) is 4.79 Å². The SMILES string of the molecule is CC(C)C(NC(C)C(C)O)C(N)=O. The van der Waals surface area contributed by atoms with Crippen LogP contribution in [0, 0.1) is 5.92 Å². The summed E-state index contributed by atoms with van der Waals surface area (Å²) in [5.74, 6) is -0.235. The van der Waals surface area contributed by atoms with Gasteiger partial charge in [-0.1, -0.05) is 13.8 Å². The van der Waals surface area contributed by atoms with Crippen LogP contribution in [-0.2, 0) is 4.79 Å². The Bertz CT molecular complexity index is 169. The van der Waals surface area contributed by atoms with Crippen molar-refractivity contribution in [2.75, 3.05) is 0 Å². The van der Waals surface area contributed by atoms with Gasteiger partial charge in [0.25, 0.3) is 0 Å². The molecule has 0 rings (SSSR count). The van der Waals surface area contributed by atoms with Crippen LogP contribution in [0.5, 0.6) is 0 Å². The van der Waals surface area contributed by atoms with Crippen molar-refractivity contribution in [1.82, 2.24) is 5.32 Å². The molecule has 0 bridgehead atoms. The van der Waals surface area contributed by atoms with Crippen molar-refractivity contribution in [3.63, 3.8) is 0 Å². The minimum Gasteiger partial charge on any atom is -0.392 e. The molecule has 4 N–H and O–H groups in total. The lowest BCUT2D eigenvalue weighted by molar-refractivity contribution is -0.121. The molecule has 3 atom stereocenters. The van der Waals surface area contributed by atoms with E-state index in [1.54, 1.807) is 6.92 Å². The molecule has 3 unspecified atom stereocenters. The molecule has 0 heterocycles. The summed E-state index contributed by atoms with van der Waals surface area (Å²) in [6, 6.07) is -0.496. The van der Waals surface area contributed by atoms with E-state index >= 15 is 0 Å². The minimum absolute atomic E-state index is 0.125. The van der Waals surface area contributed by atoms with Gasteiger partial charge in [-0.2, -0.15) is 0 Å². The number of carbonyl (C=O) groups is 1. The molecule has 0 aliphatic heterocycles. The van der Waals surface area contributed by atoms with E-state index in [1.807, 2.05) is 20.8 Å². The zero-order valence-electron chi connectivity index (χ0n) is 8.74. The molecular formula is C9H20N2O2. The molecule has 13 heavy (non-hydrogen) atoms. The molecule has 0 radical (unpaired) electrons. The molecule has 0 aromatic carbocycles. The van der Waals surface area contributed by atoms with Crippen LogP contribution in [0.15, 0.2) is 0 Å². The fraction of sp³-hybridized carbons (Fsp3) is 0.889. The fourth-order valence-corrected chi connectivity index (χ4v) is 1.03. The van der Waals surface area contributed by atoms with E-state index < -0.39 is 6.10 Å². The molecule has 0 saturated carbocycles. The van der Waals surface area contributed by atoms with E-state index in [0.717, 1.165) is 0 Å². The molecule has 0 spiro atoms. The van der Waals surface area contributed by atoms with E-state index in [4.69, 9.17) is 5.73 Å². The van der Waals surface area contributed by atoms with Crippen molar-refractivity contribution in [3.05, 3.63) is 0 Å². The fourth-order valence-electron chi connectivity index (χ4n) is 1.03. The number of nitrogens with two attached hydrogens (primary N) is 1. The van der Waals surface area contributed by atoms with Gasteiger partial charge in [-0.25, -0.2) is 0 Å². The molecular weight excluding hydrogens is 168 g/mol. The lowest BCUT2D eigenvalue weighted by Gasteiger charge is -2.25. The Labute approximate surface area is 79.5 Å². The van der Waals surface area contributed by atoms with Crippen LogP contribution < -0.4 is 11.1 Å². The zero-order valence-corrected chi connectivity index (χ0v) is 8.74. The van der Waals surface area contributed by atoms with Gasteiger partial charge < -0.3 is 16.2 Å². The first-order valence-electron chi connectivity index (χ1n) is 4.59. The first kappa shape index (κ1) is 12.4. The Morgan fingerprint density at radius 3 is 2.00 bits per heavy atom.